The minimum atomic E-state index is -2.96. The molecule has 0 saturated heterocycles. The molecule has 1 nitrogen and oxygen atoms in total. The van der Waals surface area contributed by atoms with Crippen molar-refractivity contribution in [1.82, 2.24) is 0 Å². The zero-order valence-electron chi connectivity index (χ0n) is 5.82. The third-order valence-electron chi connectivity index (χ3n) is 1.36. The number of hydrogen-bond donors (Lipinski definition) is 1. The lowest BCUT2D eigenvalue weighted by molar-refractivity contribution is 0.151. The van der Waals surface area contributed by atoms with Crippen LogP contribution in [0.25, 0.3) is 0 Å². The standard InChI is InChI=1S/C7H5F4N/c8-3-1-4(7(10)11)6(12)5(9)2-3/h1-2,7H,12H2. The monoisotopic (exact) mass is 179 g/mol. The fraction of sp³-hybridized carbons (Fsp3) is 0.143. The van der Waals surface area contributed by atoms with Crippen molar-refractivity contribution >= 4 is 5.69 Å². The maximum absolute atomic E-state index is 12.5. The van der Waals surface area contributed by atoms with Gasteiger partial charge in [0.05, 0.1) is 5.69 Å². The minimum Gasteiger partial charge on any atom is -0.396 e. The van der Waals surface area contributed by atoms with Gasteiger partial charge >= 0.3 is 0 Å². The Labute approximate surface area is 65.8 Å². The molecule has 0 aliphatic heterocycles. The molecular weight excluding hydrogens is 174 g/mol. The molecule has 1 aromatic carbocycles. The second-order valence-corrected chi connectivity index (χ2v) is 2.19. The summed E-state index contributed by atoms with van der Waals surface area (Å²) in [6.45, 7) is 0. The molecule has 12 heavy (non-hydrogen) atoms. The van der Waals surface area contributed by atoms with E-state index in [-0.39, 0.29) is 0 Å². The van der Waals surface area contributed by atoms with Crippen LogP contribution in [0.3, 0.4) is 0 Å². The molecule has 0 saturated carbocycles. The van der Waals surface area contributed by atoms with Gasteiger partial charge in [0.1, 0.15) is 11.6 Å². The molecule has 1 aromatic rings. The summed E-state index contributed by atoms with van der Waals surface area (Å²) >= 11 is 0. The molecule has 0 amide bonds. The quantitative estimate of drug-likeness (QED) is 0.520. The third-order valence-corrected chi connectivity index (χ3v) is 1.36. The zero-order valence-corrected chi connectivity index (χ0v) is 5.82. The van der Waals surface area contributed by atoms with Crippen LogP contribution in [0.5, 0.6) is 0 Å². The second kappa shape index (κ2) is 3.00. The summed E-state index contributed by atoms with van der Waals surface area (Å²) in [4.78, 5) is 0. The van der Waals surface area contributed by atoms with E-state index in [0.717, 1.165) is 0 Å². The van der Waals surface area contributed by atoms with Crippen molar-refractivity contribution in [3.63, 3.8) is 0 Å². The van der Waals surface area contributed by atoms with Gasteiger partial charge in [-0.3, -0.25) is 0 Å². The van der Waals surface area contributed by atoms with E-state index < -0.39 is 29.3 Å². The molecule has 0 aliphatic rings. The molecular formula is C7H5F4N. The number of nitrogens with two attached hydrogens (primary N) is 1. The highest BCUT2D eigenvalue weighted by Gasteiger charge is 2.15. The van der Waals surface area contributed by atoms with Crippen LogP contribution in [0.2, 0.25) is 0 Å². The summed E-state index contributed by atoms with van der Waals surface area (Å²) in [6.07, 6.45) is -2.96. The Morgan fingerprint density at radius 2 is 1.75 bits per heavy atom. The summed E-state index contributed by atoms with van der Waals surface area (Å²) < 4.78 is 48.8. The second-order valence-electron chi connectivity index (χ2n) is 2.19. The highest BCUT2D eigenvalue weighted by atomic mass is 19.3. The highest BCUT2D eigenvalue weighted by Crippen LogP contribution is 2.27. The van der Waals surface area contributed by atoms with Crippen LogP contribution >= 0.6 is 0 Å². The van der Waals surface area contributed by atoms with Gasteiger partial charge in [-0.25, -0.2) is 17.6 Å². The number of halogens is 4. The number of nitrogen functional groups attached to an aromatic ring is 1. The molecule has 1 rings (SSSR count). The van der Waals surface area contributed by atoms with Gasteiger partial charge in [-0.1, -0.05) is 0 Å². The molecule has 0 atom stereocenters. The van der Waals surface area contributed by atoms with E-state index >= 15 is 0 Å². The molecule has 0 radical (unpaired) electrons. The van der Waals surface area contributed by atoms with Crippen LogP contribution in [-0.4, -0.2) is 0 Å². The van der Waals surface area contributed by atoms with Crippen molar-refractivity contribution in [3.05, 3.63) is 29.3 Å². The molecule has 0 unspecified atom stereocenters. The van der Waals surface area contributed by atoms with Gasteiger partial charge in [0.25, 0.3) is 6.43 Å². The Bertz CT molecular complexity index is 298. The first kappa shape index (κ1) is 8.83. The molecule has 2 N–H and O–H groups in total. The van der Waals surface area contributed by atoms with Crippen LogP contribution in [0.15, 0.2) is 12.1 Å². The smallest absolute Gasteiger partial charge is 0.266 e. The molecule has 0 spiro atoms. The molecule has 66 valence electrons. The van der Waals surface area contributed by atoms with E-state index in [2.05, 4.69) is 0 Å². The lowest BCUT2D eigenvalue weighted by atomic mass is 10.2. The van der Waals surface area contributed by atoms with E-state index in [4.69, 9.17) is 5.73 Å². The minimum absolute atomic E-state index is 0.460. The van der Waals surface area contributed by atoms with Gasteiger partial charge in [-0.2, -0.15) is 0 Å². The van der Waals surface area contributed by atoms with E-state index in [1.54, 1.807) is 0 Å². The van der Waals surface area contributed by atoms with E-state index in [0.29, 0.717) is 12.1 Å². The van der Waals surface area contributed by atoms with Gasteiger partial charge in [-0.15, -0.1) is 0 Å². The van der Waals surface area contributed by atoms with Crippen LogP contribution in [0.4, 0.5) is 23.2 Å². The molecule has 0 aromatic heterocycles. The first-order valence-electron chi connectivity index (χ1n) is 3.05. The topological polar surface area (TPSA) is 26.0 Å². The SMILES string of the molecule is Nc1c(F)cc(F)cc1C(F)F. The summed E-state index contributed by atoms with van der Waals surface area (Å²) in [7, 11) is 0. The molecule has 5 heteroatoms. The van der Waals surface area contributed by atoms with Gasteiger partial charge in [0.2, 0.25) is 0 Å². The fourth-order valence-electron chi connectivity index (χ4n) is 0.785. The summed E-state index contributed by atoms with van der Waals surface area (Å²) in [5, 5.41) is 0. The van der Waals surface area contributed by atoms with Gasteiger partial charge in [0.15, 0.2) is 0 Å². The summed E-state index contributed by atoms with van der Waals surface area (Å²) in [5.41, 5.74) is 3.42. The number of rotatable bonds is 1. The number of hydrogen-bond acceptors (Lipinski definition) is 1. The van der Waals surface area contributed by atoms with E-state index in [1.807, 2.05) is 0 Å². The maximum atomic E-state index is 12.5. The Balaban J connectivity index is 3.28. The van der Waals surface area contributed by atoms with Crippen molar-refractivity contribution in [3.8, 4) is 0 Å². The Morgan fingerprint density at radius 3 is 2.25 bits per heavy atom. The van der Waals surface area contributed by atoms with Gasteiger partial charge in [0, 0.05) is 11.6 Å². The zero-order chi connectivity index (χ0) is 9.30. The van der Waals surface area contributed by atoms with E-state index in [9.17, 15) is 17.6 Å². The van der Waals surface area contributed by atoms with E-state index in [1.165, 1.54) is 0 Å². The predicted octanol–water partition coefficient (Wildman–Crippen LogP) is 2.48. The lowest BCUT2D eigenvalue weighted by Crippen LogP contribution is -1.99. The lowest BCUT2D eigenvalue weighted by Gasteiger charge is -2.04. The largest absolute Gasteiger partial charge is 0.396 e. The highest BCUT2D eigenvalue weighted by molar-refractivity contribution is 5.48. The third kappa shape index (κ3) is 1.49. The number of alkyl halides is 2. The van der Waals surface area contributed by atoms with Crippen molar-refractivity contribution in [1.29, 1.82) is 0 Å². The number of anilines is 1. The first-order chi connectivity index (χ1) is 5.52. The number of benzene rings is 1. The average Bonchev–Trinajstić information content (AvgIpc) is 1.96. The van der Waals surface area contributed by atoms with Crippen molar-refractivity contribution in [2.75, 3.05) is 5.73 Å². The van der Waals surface area contributed by atoms with Gasteiger partial charge in [-0.05, 0) is 6.07 Å². The van der Waals surface area contributed by atoms with Crippen molar-refractivity contribution in [2.45, 2.75) is 6.43 Å². The Hall–Kier alpha value is -1.26. The maximum Gasteiger partial charge on any atom is 0.266 e. The van der Waals surface area contributed by atoms with Crippen LogP contribution in [0.1, 0.15) is 12.0 Å². The van der Waals surface area contributed by atoms with Gasteiger partial charge < -0.3 is 5.73 Å². The average molecular weight is 179 g/mol. The first-order valence-corrected chi connectivity index (χ1v) is 3.05. The molecule has 0 heterocycles. The predicted molar refractivity (Wildman–Crippen MR) is 35.7 cm³/mol. The van der Waals surface area contributed by atoms with Crippen molar-refractivity contribution in [2.24, 2.45) is 0 Å². The molecule has 0 fully saturated rings. The fourth-order valence-corrected chi connectivity index (χ4v) is 0.785. The van der Waals surface area contributed by atoms with Crippen LogP contribution in [0, 0.1) is 11.6 Å². The molecule has 0 aliphatic carbocycles. The summed E-state index contributed by atoms with van der Waals surface area (Å²) in [6, 6.07) is 0.976. The molecule has 0 bridgehead atoms. The Kier molecular flexibility index (Phi) is 2.21. The van der Waals surface area contributed by atoms with Crippen LogP contribution in [-0.2, 0) is 0 Å². The van der Waals surface area contributed by atoms with Crippen LogP contribution < -0.4 is 5.73 Å². The van der Waals surface area contributed by atoms with Crippen molar-refractivity contribution < 1.29 is 17.6 Å². The Morgan fingerprint density at radius 1 is 1.17 bits per heavy atom. The normalized spacial score (nSPS) is 10.8. The summed E-state index contributed by atoms with van der Waals surface area (Å²) in [5.74, 6) is -2.22.